The van der Waals surface area contributed by atoms with Gasteiger partial charge in [-0.2, -0.15) is 13.2 Å². The number of aliphatic carboxylic acids is 1. The van der Waals surface area contributed by atoms with Crippen molar-refractivity contribution in [3.63, 3.8) is 0 Å². The normalized spacial score (nSPS) is 21.9. The van der Waals surface area contributed by atoms with Gasteiger partial charge in [-0.05, 0) is 42.8 Å². The molecule has 0 bridgehead atoms. The van der Waals surface area contributed by atoms with Gasteiger partial charge in [0, 0.05) is 44.2 Å². The molecule has 2 aromatic carbocycles. The molecule has 2 saturated heterocycles. The van der Waals surface area contributed by atoms with E-state index in [1.165, 1.54) is 11.0 Å². The molecular formula is C24H26F4N2O3. The third-order valence-electron chi connectivity index (χ3n) is 6.39. The van der Waals surface area contributed by atoms with Gasteiger partial charge in [0.1, 0.15) is 17.7 Å². The van der Waals surface area contributed by atoms with Crippen LogP contribution in [-0.4, -0.2) is 49.0 Å². The highest BCUT2D eigenvalue weighted by Gasteiger charge is 2.47. The maximum Gasteiger partial charge on any atom is 0.393 e. The van der Waals surface area contributed by atoms with Crippen molar-refractivity contribution in [2.75, 3.05) is 29.4 Å². The summed E-state index contributed by atoms with van der Waals surface area (Å²) in [6.45, 7) is 1.07. The van der Waals surface area contributed by atoms with E-state index in [0.717, 1.165) is 12.8 Å². The molecule has 4 rings (SSSR count). The number of ether oxygens (including phenoxy) is 1. The first-order valence-corrected chi connectivity index (χ1v) is 11.0. The number of piperidine rings is 1. The summed E-state index contributed by atoms with van der Waals surface area (Å²) in [6.07, 6.45) is -3.53. The van der Waals surface area contributed by atoms with Gasteiger partial charge in [0.25, 0.3) is 0 Å². The van der Waals surface area contributed by atoms with Crippen molar-refractivity contribution in [1.82, 2.24) is 0 Å². The van der Waals surface area contributed by atoms with Crippen molar-refractivity contribution >= 4 is 17.3 Å². The van der Waals surface area contributed by atoms with E-state index in [0.29, 0.717) is 30.2 Å². The summed E-state index contributed by atoms with van der Waals surface area (Å²) in [6, 6.07) is 12.7. The molecule has 0 amide bonds. The SMILES string of the molecule is O=C(O)CC1CC(C(F)(F)F)CN1c1ccc(OC2CCN(c3ccccc3F)CC2)cc1. The van der Waals surface area contributed by atoms with Crippen molar-refractivity contribution in [2.45, 2.75) is 44.0 Å². The molecule has 0 aromatic heterocycles. The monoisotopic (exact) mass is 466 g/mol. The second-order valence-electron chi connectivity index (χ2n) is 8.63. The first-order valence-electron chi connectivity index (χ1n) is 11.0. The lowest BCUT2D eigenvalue weighted by atomic mass is 10.0. The highest BCUT2D eigenvalue weighted by atomic mass is 19.4. The Morgan fingerprint density at radius 2 is 1.73 bits per heavy atom. The van der Waals surface area contributed by atoms with Gasteiger partial charge in [0.2, 0.25) is 0 Å². The van der Waals surface area contributed by atoms with Crippen molar-refractivity contribution in [2.24, 2.45) is 5.92 Å². The average Bonchev–Trinajstić information content (AvgIpc) is 3.19. The number of nitrogens with zero attached hydrogens (tertiary/aromatic N) is 2. The molecule has 2 atom stereocenters. The molecule has 2 heterocycles. The van der Waals surface area contributed by atoms with Crippen LogP contribution in [-0.2, 0) is 4.79 Å². The quantitative estimate of drug-likeness (QED) is 0.600. The zero-order valence-corrected chi connectivity index (χ0v) is 18.0. The first kappa shape index (κ1) is 23.2. The Labute approximate surface area is 189 Å². The first-order chi connectivity index (χ1) is 15.7. The number of anilines is 2. The third kappa shape index (κ3) is 5.51. The summed E-state index contributed by atoms with van der Waals surface area (Å²) in [5, 5.41) is 9.11. The predicted octanol–water partition coefficient (Wildman–Crippen LogP) is 5.11. The van der Waals surface area contributed by atoms with E-state index in [2.05, 4.69) is 0 Å². The van der Waals surface area contributed by atoms with Gasteiger partial charge in [-0.1, -0.05) is 12.1 Å². The number of carboxylic acid groups (broad SMARTS) is 1. The fraction of sp³-hybridized carbons (Fsp3) is 0.458. The summed E-state index contributed by atoms with van der Waals surface area (Å²) in [5.41, 5.74) is 1.13. The van der Waals surface area contributed by atoms with Crippen molar-refractivity contribution < 1.29 is 32.2 Å². The second-order valence-corrected chi connectivity index (χ2v) is 8.63. The van der Waals surface area contributed by atoms with Crippen LogP contribution in [0.15, 0.2) is 48.5 Å². The number of rotatable bonds is 6. The molecule has 0 saturated carbocycles. The Balaban J connectivity index is 1.36. The maximum atomic E-state index is 14.0. The van der Waals surface area contributed by atoms with E-state index in [4.69, 9.17) is 9.84 Å². The minimum atomic E-state index is -4.36. The predicted molar refractivity (Wildman–Crippen MR) is 116 cm³/mol. The summed E-state index contributed by atoms with van der Waals surface area (Å²) in [7, 11) is 0. The fourth-order valence-electron chi connectivity index (χ4n) is 4.70. The van der Waals surface area contributed by atoms with E-state index in [1.807, 2.05) is 4.90 Å². The molecule has 178 valence electrons. The van der Waals surface area contributed by atoms with Gasteiger partial charge < -0.3 is 19.6 Å². The summed E-state index contributed by atoms with van der Waals surface area (Å²) >= 11 is 0. The number of halogens is 4. The van der Waals surface area contributed by atoms with Crippen LogP contribution in [0.3, 0.4) is 0 Å². The number of benzene rings is 2. The van der Waals surface area contributed by atoms with E-state index in [-0.39, 0.29) is 31.3 Å². The summed E-state index contributed by atoms with van der Waals surface area (Å²) in [5.74, 6) is -2.31. The summed E-state index contributed by atoms with van der Waals surface area (Å²) in [4.78, 5) is 14.7. The number of alkyl halides is 3. The minimum absolute atomic E-state index is 0.0416. The van der Waals surface area contributed by atoms with Crippen molar-refractivity contribution in [1.29, 1.82) is 0 Å². The van der Waals surface area contributed by atoms with Crippen LogP contribution in [0.2, 0.25) is 0 Å². The van der Waals surface area contributed by atoms with Crippen LogP contribution < -0.4 is 14.5 Å². The van der Waals surface area contributed by atoms with Gasteiger partial charge in [-0.15, -0.1) is 0 Å². The molecule has 2 aliphatic heterocycles. The number of hydrogen-bond donors (Lipinski definition) is 1. The molecule has 33 heavy (non-hydrogen) atoms. The fourth-order valence-corrected chi connectivity index (χ4v) is 4.70. The Kier molecular flexibility index (Phi) is 6.67. The molecule has 2 aliphatic rings. The molecule has 1 N–H and O–H groups in total. The topological polar surface area (TPSA) is 53.0 Å². The van der Waals surface area contributed by atoms with Gasteiger partial charge >= 0.3 is 12.1 Å². The largest absolute Gasteiger partial charge is 0.490 e. The smallest absolute Gasteiger partial charge is 0.393 e. The summed E-state index contributed by atoms with van der Waals surface area (Å²) < 4.78 is 59.7. The zero-order chi connectivity index (χ0) is 23.6. The van der Waals surface area contributed by atoms with Gasteiger partial charge in [-0.3, -0.25) is 4.79 Å². The molecule has 0 spiro atoms. The molecular weight excluding hydrogens is 440 g/mol. The number of carboxylic acids is 1. The average molecular weight is 466 g/mol. The van der Waals surface area contributed by atoms with Gasteiger partial charge in [0.15, 0.2) is 0 Å². The second kappa shape index (κ2) is 9.49. The highest BCUT2D eigenvalue weighted by molar-refractivity contribution is 5.69. The number of carbonyl (C=O) groups is 1. The van der Waals surface area contributed by atoms with Crippen molar-refractivity contribution in [3.8, 4) is 5.75 Å². The Morgan fingerprint density at radius 1 is 1.06 bits per heavy atom. The number of hydrogen-bond acceptors (Lipinski definition) is 4. The van der Waals surface area contributed by atoms with Crippen molar-refractivity contribution in [3.05, 3.63) is 54.3 Å². The Bertz CT molecular complexity index is 959. The van der Waals surface area contributed by atoms with Gasteiger partial charge in [0.05, 0.1) is 18.0 Å². The Hall–Kier alpha value is -2.97. The van der Waals surface area contributed by atoms with Crippen LogP contribution in [0.25, 0.3) is 0 Å². The lowest BCUT2D eigenvalue weighted by molar-refractivity contribution is -0.169. The van der Waals surface area contributed by atoms with Crippen LogP contribution in [0, 0.1) is 11.7 Å². The Morgan fingerprint density at radius 3 is 2.33 bits per heavy atom. The van der Waals surface area contributed by atoms with Crippen LogP contribution in [0.1, 0.15) is 25.7 Å². The zero-order valence-electron chi connectivity index (χ0n) is 18.0. The minimum Gasteiger partial charge on any atom is -0.490 e. The molecule has 2 aromatic rings. The lowest BCUT2D eigenvalue weighted by Crippen LogP contribution is -2.38. The van der Waals surface area contributed by atoms with E-state index in [9.17, 15) is 22.4 Å². The van der Waals surface area contributed by atoms with E-state index >= 15 is 0 Å². The van der Waals surface area contributed by atoms with E-state index < -0.39 is 24.1 Å². The highest BCUT2D eigenvalue weighted by Crippen LogP contribution is 2.40. The van der Waals surface area contributed by atoms with Crippen LogP contribution in [0.4, 0.5) is 28.9 Å². The molecule has 0 radical (unpaired) electrons. The molecule has 2 unspecified atom stereocenters. The maximum absolute atomic E-state index is 14.0. The van der Waals surface area contributed by atoms with Gasteiger partial charge in [-0.25, -0.2) is 4.39 Å². The molecule has 2 fully saturated rings. The molecule has 0 aliphatic carbocycles. The standard InChI is InChI=1S/C24H26F4N2O3/c25-21-3-1-2-4-22(21)29-11-9-20(10-12-29)33-19-7-5-17(6-8-19)30-15-16(24(26,27)28)13-18(30)14-23(31)32/h1-8,16,18,20H,9-15H2,(H,31,32). The van der Waals surface area contributed by atoms with Crippen LogP contribution in [0.5, 0.6) is 5.75 Å². The number of para-hydroxylation sites is 1. The third-order valence-corrected chi connectivity index (χ3v) is 6.39. The van der Waals surface area contributed by atoms with Crippen LogP contribution >= 0.6 is 0 Å². The molecule has 9 heteroatoms. The molecule has 5 nitrogen and oxygen atoms in total. The van der Waals surface area contributed by atoms with E-state index in [1.54, 1.807) is 42.5 Å². The lowest BCUT2D eigenvalue weighted by Gasteiger charge is -2.34.